The van der Waals surface area contributed by atoms with Gasteiger partial charge in [0.25, 0.3) is 0 Å². The smallest absolute Gasteiger partial charge is 0.222 e. The van der Waals surface area contributed by atoms with Crippen molar-refractivity contribution in [3.05, 3.63) is 29.8 Å². The van der Waals surface area contributed by atoms with Gasteiger partial charge in [0.05, 0.1) is 7.11 Å². The van der Waals surface area contributed by atoms with Crippen LogP contribution in [0.2, 0.25) is 0 Å². The van der Waals surface area contributed by atoms with E-state index < -0.39 is 0 Å². The van der Waals surface area contributed by atoms with Crippen LogP contribution in [0.4, 0.5) is 0 Å². The van der Waals surface area contributed by atoms with Gasteiger partial charge in [-0.2, -0.15) is 0 Å². The van der Waals surface area contributed by atoms with Gasteiger partial charge in [0.1, 0.15) is 5.75 Å². The Hall–Kier alpha value is -2.24. The van der Waals surface area contributed by atoms with Crippen molar-refractivity contribution in [1.29, 1.82) is 0 Å². The molecule has 3 N–H and O–H groups in total. The molecule has 1 rings (SSSR count). The molecular weight excluding hydrogens is 292 g/mol. The van der Waals surface area contributed by atoms with Gasteiger partial charge in [0.15, 0.2) is 5.96 Å². The number of amides is 1. The number of hydrogen-bond acceptors (Lipinski definition) is 3. The molecule has 0 fully saturated rings. The van der Waals surface area contributed by atoms with Crippen molar-refractivity contribution < 1.29 is 9.53 Å². The molecule has 0 unspecified atom stereocenters. The molecule has 0 aliphatic carbocycles. The van der Waals surface area contributed by atoms with Gasteiger partial charge in [-0.15, -0.1) is 0 Å². The van der Waals surface area contributed by atoms with Crippen molar-refractivity contribution in [2.75, 3.05) is 33.8 Å². The number of aliphatic imine (C=N–C) groups is 1. The lowest BCUT2D eigenvalue weighted by Gasteiger charge is -2.13. The highest BCUT2D eigenvalue weighted by atomic mass is 16.5. The highest BCUT2D eigenvalue weighted by Gasteiger charge is 2.05. The van der Waals surface area contributed by atoms with Gasteiger partial charge < -0.3 is 20.7 Å². The van der Waals surface area contributed by atoms with Crippen molar-refractivity contribution in [2.24, 2.45) is 10.9 Å². The second kappa shape index (κ2) is 10.5. The Balaban J connectivity index is 2.22. The molecule has 0 aliphatic heterocycles. The fourth-order valence-electron chi connectivity index (χ4n) is 1.91. The van der Waals surface area contributed by atoms with Gasteiger partial charge in [-0.3, -0.25) is 9.79 Å². The van der Waals surface area contributed by atoms with Crippen molar-refractivity contribution >= 4 is 11.9 Å². The maximum Gasteiger partial charge on any atom is 0.222 e. The normalized spacial score (nSPS) is 11.3. The van der Waals surface area contributed by atoms with Crippen LogP contribution < -0.4 is 20.7 Å². The summed E-state index contributed by atoms with van der Waals surface area (Å²) in [4.78, 5) is 15.6. The van der Waals surface area contributed by atoms with Crippen LogP contribution in [-0.2, 0) is 11.2 Å². The first-order chi connectivity index (χ1) is 11.1. The molecule has 1 aromatic rings. The summed E-state index contributed by atoms with van der Waals surface area (Å²) < 4.78 is 5.14. The summed E-state index contributed by atoms with van der Waals surface area (Å²) in [5.41, 5.74) is 1.23. The minimum Gasteiger partial charge on any atom is -0.497 e. The standard InChI is InChI=1S/C17H28N4O2/c1-13(2)16(22)19-11-12-21-17(18-3)20-10-9-14-5-7-15(23-4)8-6-14/h5-8,13H,9-12H2,1-4H3,(H,19,22)(H2,18,20,21). The maximum absolute atomic E-state index is 11.4. The quantitative estimate of drug-likeness (QED) is 0.382. The van der Waals surface area contributed by atoms with Crippen molar-refractivity contribution in [3.63, 3.8) is 0 Å². The zero-order chi connectivity index (χ0) is 17.1. The van der Waals surface area contributed by atoms with E-state index in [0.29, 0.717) is 13.1 Å². The third-order valence-electron chi connectivity index (χ3n) is 3.33. The Kier molecular flexibility index (Phi) is 8.57. The Labute approximate surface area is 138 Å². The molecule has 0 saturated heterocycles. The Morgan fingerprint density at radius 2 is 1.70 bits per heavy atom. The summed E-state index contributed by atoms with van der Waals surface area (Å²) in [6.07, 6.45) is 0.898. The van der Waals surface area contributed by atoms with Crippen molar-refractivity contribution in [1.82, 2.24) is 16.0 Å². The average molecular weight is 320 g/mol. The molecular formula is C17H28N4O2. The van der Waals surface area contributed by atoms with Gasteiger partial charge in [0.2, 0.25) is 5.91 Å². The number of ether oxygens (including phenoxy) is 1. The van der Waals surface area contributed by atoms with Gasteiger partial charge in [-0.25, -0.2) is 0 Å². The van der Waals surface area contributed by atoms with Crippen molar-refractivity contribution in [3.8, 4) is 5.75 Å². The minimum absolute atomic E-state index is 0.0111. The Morgan fingerprint density at radius 1 is 1.09 bits per heavy atom. The molecule has 1 aromatic carbocycles. The van der Waals surface area contributed by atoms with Gasteiger partial charge in [-0.1, -0.05) is 26.0 Å². The summed E-state index contributed by atoms with van der Waals surface area (Å²) in [7, 11) is 3.39. The van der Waals surface area contributed by atoms with Gasteiger partial charge in [-0.05, 0) is 24.1 Å². The van der Waals surface area contributed by atoms with E-state index in [4.69, 9.17) is 4.74 Å². The molecule has 0 radical (unpaired) electrons. The number of methoxy groups -OCH3 is 1. The molecule has 0 aliphatic rings. The fourth-order valence-corrected chi connectivity index (χ4v) is 1.91. The molecule has 6 heteroatoms. The highest BCUT2D eigenvalue weighted by molar-refractivity contribution is 5.80. The molecule has 128 valence electrons. The zero-order valence-corrected chi connectivity index (χ0v) is 14.5. The van der Waals surface area contributed by atoms with E-state index in [1.165, 1.54) is 5.56 Å². The first-order valence-electron chi connectivity index (χ1n) is 7.92. The van der Waals surface area contributed by atoms with Gasteiger partial charge in [0, 0.05) is 32.6 Å². The number of rotatable bonds is 8. The van der Waals surface area contributed by atoms with Crippen LogP contribution in [0, 0.1) is 5.92 Å². The largest absolute Gasteiger partial charge is 0.497 e. The molecule has 23 heavy (non-hydrogen) atoms. The highest BCUT2D eigenvalue weighted by Crippen LogP contribution is 2.11. The molecule has 0 saturated carbocycles. The van der Waals surface area contributed by atoms with E-state index in [9.17, 15) is 4.79 Å². The van der Waals surface area contributed by atoms with Crippen LogP contribution >= 0.6 is 0 Å². The summed E-state index contributed by atoms with van der Waals surface area (Å²) in [5.74, 6) is 1.67. The summed E-state index contributed by atoms with van der Waals surface area (Å²) in [5, 5.41) is 9.28. The monoisotopic (exact) mass is 320 g/mol. The molecule has 0 bridgehead atoms. The molecule has 0 heterocycles. The molecule has 0 spiro atoms. The minimum atomic E-state index is 0.0111. The summed E-state index contributed by atoms with van der Waals surface area (Å²) >= 11 is 0. The fraction of sp³-hybridized carbons (Fsp3) is 0.529. The SMILES string of the molecule is CN=C(NCCNC(=O)C(C)C)NCCc1ccc(OC)cc1. The first kappa shape index (κ1) is 18.8. The van der Waals surface area contributed by atoms with E-state index in [1.54, 1.807) is 14.2 Å². The molecule has 0 atom stereocenters. The Morgan fingerprint density at radius 3 is 2.26 bits per heavy atom. The number of carbonyl (C=O) groups is 1. The van der Waals surface area contributed by atoms with Crippen LogP contribution in [0.15, 0.2) is 29.3 Å². The summed E-state index contributed by atoms with van der Waals surface area (Å²) in [6.45, 7) is 5.76. The van der Waals surface area contributed by atoms with E-state index >= 15 is 0 Å². The number of nitrogens with one attached hydrogen (secondary N) is 3. The second-order valence-corrected chi connectivity index (χ2v) is 5.47. The number of carbonyl (C=O) groups excluding carboxylic acids is 1. The lowest BCUT2D eigenvalue weighted by molar-refractivity contribution is -0.123. The van der Waals surface area contributed by atoms with Crippen LogP contribution in [0.3, 0.4) is 0 Å². The average Bonchev–Trinajstić information content (AvgIpc) is 2.57. The van der Waals surface area contributed by atoms with Crippen LogP contribution in [0.5, 0.6) is 5.75 Å². The van der Waals surface area contributed by atoms with E-state index in [1.807, 2.05) is 26.0 Å². The molecule has 6 nitrogen and oxygen atoms in total. The number of nitrogens with zero attached hydrogens (tertiary/aromatic N) is 1. The van der Waals surface area contributed by atoms with E-state index in [-0.39, 0.29) is 11.8 Å². The lowest BCUT2D eigenvalue weighted by Crippen LogP contribution is -2.42. The first-order valence-corrected chi connectivity index (χ1v) is 7.92. The maximum atomic E-state index is 11.4. The predicted octanol–water partition coefficient (Wildman–Crippen LogP) is 1.17. The third kappa shape index (κ3) is 7.54. The van der Waals surface area contributed by atoms with E-state index in [0.717, 1.165) is 24.7 Å². The number of benzene rings is 1. The predicted molar refractivity (Wildman–Crippen MR) is 93.9 cm³/mol. The molecule has 1 amide bonds. The third-order valence-corrected chi connectivity index (χ3v) is 3.33. The van der Waals surface area contributed by atoms with Crippen molar-refractivity contribution in [2.45, 2.75) is 20.3 Å². The number of hydrogen-bond donors (Lipinski definition) is 3. The van der Waals surface area contributed by atoms with Crippen LogP contribution in [0.1, 0.15) is 19.4 Å². The second-order valence-electron chi connectivity index (χ2n) is 5.47. The van der Waals surface area contributed by atoms with Gasteiger partial charge >= 0.3 is 0 Å². The topological polar surface area (TPSA) is 74.8 Å². The van der Waals surface area contributed by atoms with Crippen LogP contribution in [0.25, 0.3) is 0 Å². The summed E-state index contributed by atoms with van der Waals surface area (Å²) in [6, 6.07) is 8.02. The lowest BCUT2D eigenvalue weighted by atomic mass is 10.1. The number of guanidine groups is 1. The molecule has 0 aromatic heterocycles. The zero-order valence-electron chi connectivity index (χ0n) is 14.5. The Bertz CT molecular complexity index is 498. The van der Waals surface area contributed by atoms with Crippen LogP contribution in [-0.4, -0.2) is 45.7 Å². The van der Waals surface area contributed by atoms with E-state index in [2.05, 4.69) is 33.1 Å².